The minimum Gasteiger partial charge on any atom is -0.384 e. The van der Waals surface area contributed by atoms with Gasteiger partial charge in [0.05, 0.1) is 12.6 Å². The number of carbonyl (C=O) groups is 1. The van der Waals surface area contributed by atoms with Gasteiger partial charge in [-0.25, -0.2) is 4.98 Å². The highest BCUT2D eigenvalue weighted by molar-refractivity contribution is 6.03. The van der Waals surface area contributed by atoms with Crippen LogP contribution in [0.1, 0.15) is 10.4 Å². The summed E-state index contributed by atoms with van der Waals surface area (Å²) >= 11 is 0. The van der Waals surface area contributed by atoms with Crippen molar-refractivity contribution in [3.63, 3.8) is 0 Å². The standard InChI is InChI=1S/C8H9N7O/c1-15-13-8(12-14-15)11-7(16)5-2-3-6(9)10-4-5/h2-4H,1H3,(H2,9,10)(H,11,13,16). The Hall–Kier alpha value is -2.51. The van der Waals surface area contributed by atoms with Gasteiger partial charge in [-0.3, -0.25) is 10.1 Å². The maximum atomic E-state index is 11.6. The van der Waals surface area contributed by atoms with E-state index in [0.717, 1.165) is 0 Å². The van der Waals surface area contributed by atoms with Crippen LogP contribution in [-0.2, 0) is 7.05 Å². The van der Waals surface area contributed by atoms with Gasteiger partial charge in [-0.2, -0.15) is 4.80 Å². The van der Waals surface area contributed by atoms with Crippen LogP contribution >= 0.6 is 0 Å². The number of pyridine rings is 1. The van der Waals surface area contributed by atoms with Gasteiger partial charge in [0.25, 0.3) is 11.9 Å². The molecule has 2 aromatic rings. The molecule has 8 nitrogen and oxygen atoms in total. The lowest BCUT2D eigenvalue weighted by atomic mass is 10.2. The Balaban J connectivity index is 2.11. The first-order valence-corrected chi connectivity index (χ1v) is 4.42. The van der Waals surface area contributed by atoms with Crippen LogP contribution in [0.3, 0.4) is 0 Å². The van der Waals surface area contributed by atoms with Crippen LogP contribution in [0.2, 0.25) is 0 Å². The second-order valence-electron chi connectivity index (χ2n) is 3.03. The number of tetrazole rings is 1. The molecule has 16 heavy (non-hydrogen) atoms. The van der Waals surface area contributed by atoms with E-state index in [2.05, 4.69) is 25.7 Å². The van der Waals surface area contributed by atoms with Crippen molar-refractivity contribution in [1.29, 1.82) is 0 Å². The second-order valence-corrected chi connectivity index (χ2v) is 3.03. The zero-order chi connectivity index (χ0) is 11.5. The minimum atomic E-state index is -0.361. The Morgan fingerprint density at radius 3 is 2.88 bits per heavy atom. The molecular weight excluding hydrogens is 210 g/mol. The predicted molar refractivity (Wildman–Crippen MR) is 55.4 cm³/mol. The summed E-state index contributed by atoms with van der Waals surface area (Å²) in [6, 6.07) is 3.10. The van der Waals surface area contributed by atoms with Gasteiger partial charge < -0.3 is 5.73 Å². The van der Waals surface area contributed by atoms with Crippen molar-refractivity contribution in [3.05, 3.63) is 23.9 Å². The topological polar surface area (TPSA) is 112 Å². The van der Waals surface area contributed by atoms with E-state index >= 15 is 0 Å². The monoisotopic (exact) mass is 219 g/mol. The third-order valence-electron chi connectivity index (χ3n) is 1.78. The van der Waals surface area contributed by atoms with Gasteiger partial charge in [-0.1, -0.05) is 5.10 Å². The van der Waals surface area contributed by atoms with E-state index in [0.29, 0.717) is 11.4 Å². The van der Waals surface area contributed by atoms with Gasteiger partial charge in [0.1, 0.15) is 5.82 Å². The number of hydrogen-bond donors (Lipinski definition) is 2. The summed E-state index contributed by atoms with van der Waals surface area (Å²) in [5, 5.41) is 13.5. The number of hydrogen-bond acceptors (Lipinski definition) is 6. The Labute approximate surface area is 90.5 Å². The van der Waals surface area contributed by atoms with Gasteiger partial charge in [0.2, 0.25) is 0 Å². The average molecular weight is 219 g/mol. The Bertz CT molecular complexity index is 503. The van der Waals surface area contributed by atoms with E-state index in [9.17, 15) is 4.79 Å². The molecular formula is C8H9N7O. The molecule has 0 radical (unpaired) electrons. The fourth-order valence-electron chi connectivity index (χ4n) is 1.05. The van der Waals surface area contributed by atoms with Crippen LogP contribution < -0.4 is 11.1 Å². The molecule has 2 aromatic heterocycles. The molecule has 0 unspecified atom stereocenters. The molecule has 2 heterocycles. The largest absolute Gasteiger partial charge is 0.384 e. The SMILES string of the molecule is Cn1nnc(NC(=O)c2ccc(N)nc2)n1. The lowest BCUT2D eigenvalue weighted by Gasteiger charge is -1.99. The smallest absolute Gasteiger partial charge is 0.270 e. The third kappa shape index (κ3) is 2.11. The summed E-state index contributed by atoms with van der Waals surface area (Å²) in [7, 11) is 1.60. The fraction of sp³-hybridized carbons (Fsp3) is 0.125. The van der Waals surface area contributed by atoms with E-state index in [1.165, 1.54) is 11.0 Å². The quantitative estimate of drug-likeness (QED) is 0.700. The first kappa shape index (κ1) is 10.0. The van der Waals surface area contributed by atoms with Crippen molar-refractivity contribution in [3.8, 4) is 0 Å². The van der Waals surface area contributed by atoms with Crippen LogP contribution in [0.25, 0.3) is 0 Å². The summed E-state index contributed by atoms with van der Waals surface area (Å²) in [6.07, 6.45) is 1.38. The number of amides is 1. The number of carbonyl (C=O) groups excluding carboxylic acids is 1. The molecule has 0 aliphatic rings. The summed E-state index contributed by atoms with van der Waals surface area (Å²) < 4.78 is 0. The van der Waals surface area contributed by atoms with Gasteiger partial charge in [0, 0.05) is 6.20 Å². The molecule has 3 N–H and O–H groups in total. The molecule has 0 fully saturated rings. The summed E-state index contributed by atoms with van der Waals surface area (Å²) in [5.74, 6) is 0.138. The number of rotatable bonds is 2. The normalized spacial score (nSPS) is 10.1. The van der Waals surface area contributed by atoms with Crippen molar-refractivity contribution in [1.82, 2.24) is 25.2 Å². The first-order valence-electron chi connectivity index (χ1n) is 4.42. The zero-order valence-electron chi connectivity index (χ0n) is 8.45. The highest BCUT2D eigenvalue weighted by Gasteiger charge is 2.09. The Morgan fingerprint density at radius 1 is 1.50 bits per heavy atom. The molecule has 0 aliphatic carbocycles. The number of anilines is 2. The van der Waals surface area contributed by atoms with E-state index < -0.39 is 0 Å². The molecule has 82 valence electrons. The maximum absolute atomic E-state index is 11.6. The molecule has 0 atom stereocenters. The molecule has 1 amide bonds. The van der Waals surface area contributed by atoms with Crippen molar-refractivity contribution in [2.75, 3.05) is 11.1 Å². The van der Waals surface area contributed by atoms with E-state index in [1.807, 2.05) is 0 Å². The molecule has 0 aromatic carbocycles. The second kappa shape index (κ2) is 3.93. The number of nitrogen functional groups attached to an aromatic ring is 1. The predicted octanol–water partition coefficient (Wildman–Crippen LogP) is -0.560. The molecule has 0 spiro atoms. The molecule has 0 saturated heterocycles. The summed E-state index contributed by atoms with van der Waals surface area (Å²) in [4.78, 5) is 16.7. The number of aryl methyl sites for hydroxylation is 1. The molecule has 2 rings (SSSR count). The number of nitrogens with one attached hydrogen (secondary N) is 1. The van der Waals surface area contributed by atoms with Gasteiger partial charge >= 0.3 is 0 Å². The lowest BCUT2D eigenvalue weighted by Crippen LogP contribution is -2.13. The Kier molecular flexibility index (Phi) is 2.46. The van der Waals surface area contributed by atoms with Crippen LogP contribution in [0.15, 0.2) is 18.3 Å². The van der Waals surface area contributed by atoms with Gasteiger partial charge in [-0.05, 0) is 17.3 Å². The van der Waals surface area contributed by atoms with E-state index in [1.54, 1.807) is 19.2 Å². The number of nitrogens with zero attached hydrogens (tertiary/aromatic N) is 5. The van der Waals surface area contributed by atoms with Crippen LogP contribution in [0.5, 0.6) is 0 Å². The van der Waals surface area contributed by atoms with Crippen LogP contribution in [0.4, 0.5) is 11.8 Å². The average Bonchev–Trinajstić information content (AvgIpc) is 2.65. The minimum absolute atomic E-state index is 0.143. The number of aromatic nitrogens is 5. The van der Waals surface area contributed by atoms with E-state index in [4.69, 9.17) is 5.73 Å². The van der Waals surface area contributed by atoms with E-state index in [-0.39, 0.29) is 11.9 Å². The highest BCUT2D eigenvalue weighted by Crippen LogP contribution is 2.03. The first-order chi connectivity index (χ1) is 7.65. The zero-order valence-corrected chi connectivity index (χ0v) is 8.45. The lowest BCUT2D eigenvalue weighted by molar-refractivity contribution is 0.102. The van der Waals surface area contributed by atoms with Crippen molar-refractivity contribution in [2.24, 2.45) is 7.05 Å². The van der Waals surface area contributed by atoms with Crippen molar-refractivity contribution < 1.29 is 4.79 Å². The Morgan fingerprint density at radius 2 is 2.31 bits per heavy atom. The van der Waals surface area contributed by atoms with Crippen molar-refractivity contribution >= 4 is 17.7 Å². The summed E-state index contributed by atoms with van der Waals surface area (Å²) in [6.45, 7) is 0. The molecule has 0 bridgehead atoms. The third-order valence-corrected chi connectivity index (χ3v) is 1.78. The maximum Gasteiger partial charge on any atom is 0.270 e. The molecule has 0 aliphatic heterocycles. The van der Waals surface area contributed by atoms with Crippen molar-refractivity contribution in [2.45, 2.75) is 0 Å². The highest BCUT2D eigenvalue weighted by atomic mass is 16.1. The van der Waals surface area contributed by atoms with Crippen LogP contribution in [-0.4, -0.2) is 31.1 Å². The summed E-state index contributed by atoms with van der Waals surface area (Å²) in [5.41, 5.74) is 5.78. The van der Waals surface area contributed by atoms with Gasteiger partial charge in [-0.15, -0.1) is 5.10 Å². The molecule has 0 saturated carbocycles. The van der Waals surface area contributed by atoms with Gasteiger partial charge in [0.15, 0.2) is 0 Å². The number of nitrogens with two attached hydrogens (primary N) is 1. The fourth-order valence-corrected chi connectivity index (χ4v) is 1.05. The van der Waals surface area contributed by atoms with Crippen LogP contribution in [0, 0.1) is 0 Å². The molecule has 8 heteroatoms.